The summed E-state index contributed by atoms with van der Waals surface area (Å²) in [5, 5.41) is 18.5. The fourth-order valence-electron chi connectivity index (χ4n) is 4.40. The van der Waals surface area contributed by atoms with Gasteiger partial charge in [0.25, 0.3) is 0 Å². The average Bonchev–Trinajstić information content (AvgIpc) is 2.70. The molecule has 0 aliphatic rings. The van der Waals surface area contributed by atoms with Crippen molar-refractivity contribution in [3.8, 4) is 0 Å². The first kappa shape index (κ1) is 28.9. The van der Waals surface area contributed by atoms with E-state index in [1.807, 2.05) is 0 Å². The van der Waals surface area contributed by atoms with Crippen LogP contribution in [0.2, 0.25) is 0 Å². The maximum atomic E-state index is 11.5. The molecule has 0 bridgehead atoms. The monoisotopic (exact) mass is 426 g/mol. The summed E-state index contributed by atoms with van der Waals surface area (Å²) in [5.41, 5.74) is 0. The second-order valence-corrected chi connectivity index (χ2v) is 9.26. The topological polar surface area (TPSA) is 74.6 Å². The molecular formula is C26H50O4. The Labute approximate surface area is 186 Å². The van der Waals surface area contributed by atoms with Crippen LogP contribution in [0.5, 0.6) is 0 Å². The van der Waals surface area contributed by atoms with Crippen molar-refractivity contribution in [1.82, 2.24) is 0 Å². The Bertz CT molecular complexity index is 388. The number of carboxylic acid groups (broad SMARTS) is 2. The maximum Gasteiger partial charge on any atom is 0.307 e. The van der Waals surface area contributed by atoms with E-state index in [0.29, 0.717) is 12.3 Å². The summed E-state index contributed by atoms with van der Waals surface area (Å²) >= 11 is 0. The largest absolute Gasteiger partial charge is 0.481 e. The molecule has 0 heterocycles. The molecule has 0 saturated heterocycles. The SMILES string of the molecule is CCCCCCCCCCC(CCCCCCCCCC)CC(CC(=O)O)C(=O)O. The lowest BCUT2D eigenvalue weighted by atomic mass is 9.85. The summed E-state index contributed by atoms with van der Waals surface area (Å²) in [6, 6.07) is 0. The lowest BCUT2D eigenvalue weighted by Crippen LogP contribution is -2.21. The lowest BCUT2D eigenvalue weighted by molar-refractivity contribution is -0.148. The van der Waals surface area contributed by atoms with Crippen LogP contribution in [-0.4, -0.2) is 22.2 Å². The van der Waals surface area contributed by atoms with Gasteiger partial charge in [-0.15, -0.1) is 0 Å². The molecule has 0 rings (SSSR count). The van der Waals surface area contributed by atoms with Gasteiger partial charge in [0.2, 0.25) is 0 Å². The van der Waals surface area contributed by atoms with Crippen molar-refractivity contribution >= 4 is 11.9 Å². The number of rotatable bonds is 23. The highest BCUT2D eigenvalue weighted by Crippen LogP contribution is 2.27. The van der Waals surface area contributed by atoms with Gasteiger partial charge in [-0.05, 0) is 12.3 Å². The van der Waals surface area contributed by atoms with E-state index in [0.717, 1.165) is 25.7 Å². The van der Waals surface area contributed by atoms with Crippen LogP contribution in [-0.2, 0) is 9.59 Å². The third-order valence-corrected chi connectivity index (χ3v) is 6.32. The smallest absolute Gasteiger partial charge is 0.307 e. The molecule has 0 aromatic carbocycles. The molecule has 0 spiro atoms. The average molecular weight is 427 g/mol. The number of hydrogen-bond acceptors (Lipinski definition) is 2. The molecule has 0 aliphatic carbocycles. The maximum absolute atomic E-state index is 11.5. The van der Waals surface area contributed by atoms with Crippen LogP contribution in [0.4, 0.5) is 0 Å². The third-order valence-electron chi connectivity index (χ3n) is 6.32. The van der Waals surface area contributed by atoms with E-state index < -0.39 is 17.9 Å². The minimum Gasteiger partial charge on any atom is -0.481 e. The molecule has 4 heteroatoms. The number of unbranched alkanes of at least 4 members (excludes halogenated alkanes) is 14. The van der Waals surface area contributed by atoms with Gasteiger partial charge in [-0.2, -0.15) is 0 Å². The van der Waals surface area contributed by atoms with Gasteiger partial charge in [0, 0.05) is 0 Å². The molecule has 30 heavy (non-hydrogen) atoms. The van der Waals surface area contributed by atoms with Gasteiger partial charge in [-0.1, -0.05) is 129 Å². The molecule has 0 aromatic heterocycles. The predicted octanol–water partition coefficient (Wildman–Crippen LogP) is 8.23. The van der Waals surface area contributed by atoms with Gasteiger partial charge in [-0.3, -0.25) is 9.59 Å². The summed E-state index contributed by atoms with van der Waals surface area (Å²) < 4.78 is 0. The second kappa shape index (κ2) is 21.2. The fourth-order valence-corrected chi connectivity index (χ4v) is 4.40. The Morgan fingerprint density at radius 2 is 0.967 bits per heavy atom. The van der Waals surface area contributed by atoms with E-state index in [9.17, 15) is 14.7 Å². The van der Waals surface area contributed by atoms with Gasteiger partial charge in [0.05, 0.1) is 12.3 Å². The zero-order chi connectivity index (χ0) is 22.5. The van der Waals surface area contributed by atoms with E-state index in [1.54, 1.807) is 0 Å². The molecule has 0 aliphatic heterocycles. The first-order chi connectivity index (χ1) is 14.5. The highest BCUT2D eigenvalue weighted by Gasteiger charge is 2.24. The molecule has 1 atom stereocenters. The molecule has 178 valence electrons. The van der Waals surface area contributed by atoms with E-state index >= 15 is 0 Å². The molecule has 0 saturated carbocycles. The molecule has 1 unspecified atom stereocenters. The van der Waals surface area contributed by atoms with Crippen molar-refractivity contribution in [3.63, 3.8) is 0 Å². The summed E-state index contributed by atoms with van der Waals surface area (Å²) in [6.45, 7) is 4.47. The molecule has 0 fully saturated rings. The summed E-state index contributed by atoms with van der Waals surface area (Å²) in [6.07, 6.45) is 22.8. The zero-order valence-corrected chi connectivity index (χ0v) is 20.0. The third kappa shape index (κ3) is 18.9. The zero-order valence-electron chi connectivity index (χ0n) is 20.0. The number of hydrogen-bond donors (Lipinski definition) is 2. The molecule has 0 radical (unpaired) electrons. The van der Waals surface area contributed by atoms with Crippen LogP contribution in [0.1, 0.15) is 142 Å². The van der Waals surface area contributed by atoms with Crippen molar-refractivity contribution in [2.24, 2.45) is 11.8 Å². The Morgan fingerprint density at radius 1 is 0.600 bits per heavy atom. The molecule has 0 amide bonds. The standard InChI is InChI=1S/C26H50O4/c1-3-5-7-9-11-13-15-17-19-23(21-24(26(29)30)22-25(27)28)20-18-16-14-12-10-8-6-4-2/h23-24H,3-22H2,1-2H3,(H,27,28)(H,29,30). The van der Waals surface area contributed by atoms with Gasteiger partial charge >= 0.3 is 11.9 Å². The van der Waals surface area contributed by atoms with E-state index in [4.69, 9.17) is 5.11 Å². The number of carbonyl (C=O) groups is 2. The molecular weight excluding hydrogens is 376 g/mol. The minimum atomic E-state index is -1.000. The Balaban J connectivity index is 4.23. The van der Waals surface area contributed by atoms with Crippen molar-refractivity contribution in [2.45, 2.75) is 142 Å². The lowest BCUT2D eigenvalue weighted by Gasteiger charge is -2.20. The molecule has 2 N–H and O–H groups in total. The van der Waals surface area contributed by atoms with Crippen molar-refractivity contribution < 1.29 is 19.8 Å². The normalized spacial score (nSPS) is 12.4. The quantitative estimate of drug-likeness (QED) is 0.161. The molecule has 4 nitrogen and oxygen atoms in total. The van der Waals surface area contributed by atoms with Crippen LogP contribution in [0.25, 0.3) is 0 Å². The van der Waals surface area contributed by atoms with Crippen molar-refractivity contribution in [3.05, 3.63) is 0 Å². The number of aliphatic carboxylic acids is 2. The minimum absolute atomic E-state index is 0.249. The van der Waals surface area contributed by atoms with Crippen LogP contribution in [0.3, 0.4) is 0 Å². The Morgan fingerprint density at radius 3 is 1.30 bits per heavy atom. The highest BCUT2D eigenvalue weighted by atomic mass is 16.4. The van der Waals surface area contributed by atoms with Gasteiger partial charge in [-0.25, -0.2) is 0 Å². The summed E-state index contributed by atoms with van der Waals surface area (Å²) in [7, 11) is 0. The van der Waals surface area contributed by atoms with Crippen LogP contribution < -0.4 is 0 Å². The van der Waals surface area contributed by atoms with Gasteiger partial charge in [0.15, 0.2) is 0 Å². The van der Waals surface area contributed by atoms with Crippen LogP contribution in [0.15, 0.2) is 0 Å². The molecule has 0 aromatic rings. The number of carboxylic acids is 2. The fraction of sp³-hybridized carbons (Fsp3) is 0.923. The van der Waals surface area contributed by atoms with E-state index in [1.165, 1.54) is 89.9 Å². The van der Waals surface area contributed by atoms with E-state index in [-0.39, 0.29) is 6.42 Å². The Hall–Kier alpha value is -1.06. The Kier molecular flexibility index (Phi) is 20.4. The van der Waals surface area contributed by atoms with Gasteiger partial charge in [0.1, 0.15) is 0 Å². The van der Waals surface area contributed by atoms with Gasteiger partial charge < -0.3 is 10.2 Å². The predicted molar refractivity (Wildman–Crippen MR) is 126 cm³/mol. The van der Waals surface area contributed by atoms with Crippen molar-refractivity contribution in [1.29, 1.82) is 0 Å². The van der Waals surface area contributed by atoms with Crippen molar-refractivity contribution in [2.75, 3.05) is 0 Å². The highest BCUT2D eigenvalue weighted by molar-refractivity contribution is 5.77. The first-order valence-corrected chi connectivity index (χ1v) is 13.0. The second-order valence-electron chi connectivity index (χ2n) is 9.26. The summed E-state index contributed by atoms with van der Waals surface area (Å²) in [5.74, 6) is -2.34. The van der Waals surface area contributed by atoms with Crippen LogP contribution >= 0.6 is 0 Å². The first-order valence-electron chi connectivity index (χ1n) is 13.0. The van der Waals surface area contributed by atoms with Crippen LogP contribution in [0, 0.1) is 11.8 Å². The summed E-state index contributed by atoms with van der Waals surface area (Å²) in [4.78, 5) is 22.6. The van der Waals surface area contributed by atoms with E-state index in [2.05, 4.69) is 13.8 Å².